The van der Waals surface area contributed by atoms with Gasteiger partial charge in [-0.3, -0.25) is 14.4 Å². The SMILES string of the molecule is CC/C=C\C/C=C\C/C=C\CCCCC(=O)OC(COC(=O)CCCCCCCCCCCC)COC(=O)CCCCCCCCCCCCCCCC. The predicted molar refractivity (Wildman–Crippen MR) is 229 cm³/mol. The van der Waals surface area contributed by atoms with Crippen LogP contribution in [0.4, 0.5) is 0 Å². The number of hydrogen-bond donors (Lipinski definition) is 0. The van der Waals surface area contributed by atoms with Gasteiger partial charge in [0.1, 0.15) is 13.2 Å². The first-order chi connectivity index (χ1) is 26.5. The third kappa shape index (κ3) is 40.8. The highest BCUT2D eigenvalue weighted by Gasteiger charge is 2.19. The first-order valence-corrected chi connectivity index (χ1v) is 23.0. The number of carbonyl (C=O) groups excluding carboxylic acids is 3. The highest BCUT2D eigenvalue weighted by atomic mass is 16.6. The Morgan fingerprint density at radius 2 is 0.722 bits per heavy atom. The maximum atomic E-state index is 12.7. The van der Waals surface area contributed by atoms with Crippen LogP contribution in [0.1, 0.15) is 233 Å². The van der Waals surface area contributed by atoms with Gasteiger partial charge in [0.25, 0.3) is 0 Å². The van der Waals surface area contributed by atoms with Crippen LogP contribution in [0, 0.1) is 0 Å². The molecule has 0 spiro atoms. The third-order valence-corrected chi connectivity index (χ3v) is 9.91. The van der Waals surface area contributed by atoms with Crippen molar-refractivity contribution < 1.29 is 28.6 Å². The molecule has 0 aromatic carbocycles. The fourth-order valence-electron chi connectivity index (χ4n) is 6.46. The number of unbranched alkanes of at least 4 members (excludes halogenated alkanes) is 24. The molecule has 1 unspecified atom stereocenters. The van der Waals surface area contributed by atoms with Gasteiger partial charge in [0.15, 0.2) is 6.10 Å². The Morgan fingerprint density at radius 3 is 1.13 bits per heavy atom. The van der Waals surface area contributed by atoms with Gasteiger partial charge in [-0.05, 0) is 51.4 Å². The average molecular weight is 759 g/mol. The fraction of sp³-hybridized carbons (Fsp3) is 0.812. The van der Waals surface area contributed by atoms with Gasteiger partial charge >= 0.3 is 17.9 Å². The minimum Gasteiger partial charge on any atom is -0.462 e. The summed E-state index contributed by atoms with van der Waals surface area (Å²) >= 11 is 0. The average Bonchev–Trinajstić information content (AvgIpc) is 3.17. The van der Waals surface area contributed by atoms with Crippen molar-refractivity contribution in [3.05, 3.63) is 36.5 Å². The van der Waals surface area contributed by atoms with Crippen molar-refractivity contribution in [3.63, 3.8) is 0 Å². The third-order valence-electron chi connectivity index (χ3n) is 9.91. The molecule has 0 radical (unpaired) electrons. The Bertz CT molecular complexity index is 922. The van der Waals surface area contributed by atoms with E-state index in [1.165, 1.54) is 116 Å². The van der Waals surface area contributed by atoms with Crippen molar-refractivity contribution in [1.29, 1.82) is 0 Å². The van der Waals surface area contributed by atoms with E-state index in [1.54, 1.807) is 0 Å². The molecule has 0 aliphatic heterocycles. The molecule has 314 valence electrons. The Hall–Kier alpha value is -2.37. The van der Waals surface area contributed by atoms with Crippen molar-refractivity contribution in [2.45, 2.75) is 239 Å². The van der Waals surface area contributed by atoms with Crippen molar-refractivity contribution in [2.75, 3.05) is 13.2 Å². The number of allylic oxidation sites excluding steroid dienone is 6. The summed E-state index contributed by atoms with van der Waals surface area (Å²) in [6, 6.07) is 0. The molecule has 0 aliphatic rings. The Kier molecular flexibility index (Phi) is 41.5. The van der Waals surface area contributed by atoms with Crippen LogP contribution in [0.5, 0.6) is 0 Å². The van der Waals surface area contributed by atoms with Gasteiger partial charge in [-0.25, -0.2) is 0 Å². The van der Waals surface area contributed by atoms with Gasteiger partial charge in [-0.2, -0.15) is 0 Å². The maximum absolute atomic E-state index is 12.7. The molecular formula is C48H86O6. The number of rotatable bonds is 41. The zero-order valence-corrected chi connectivity index (χ0v) is 35.7. The normalized spacial score (nSPS) is 12.3. The van der Waals surface area contributed by atoms with Crippen LogP contribution in [-0.4, -0.2) is 37.2 Å². The van der Waals surface area contributed by atoms with Crippen LogP contribution in [-0.2, 0) is 28.6 Å². The monoisotopic (exact) mass is 759 g/mol. The van der Waals surface area contributed by atoms with Crippen molar-refractivity contribution >= 4 is 17.9 Å². The van der Waals surface area contributed by atoms with Gasteiger partial charge in [-0.15, -0.1) is 0 Å². The number of esters is 3. The van der Waals surface area contributed by atoms with Crippen LogP contribution in [0.3, 0.4) is 0 Å². The summed E-state index contributed by atoms with van der Waals surface area (Å²) in [6.45, 7) is 6.48. The van der Waals surface area contributed by atoms with Crippen molar-refractivity contribution in [2.24, 2.45) is 0 Å². The van der Waals surface area contributed by atoms with E-state index in [2.05, 4.69) is 57.2 Å². The molecule has 6 nitrogen and oxygen atoms in total. The number of carbonyl (C=O) groups is 3. The molecule has 0 amide bonds. The lowest BCUT2D eigenvalue weighted by Crippen LogP contribution is -2.30. The first kappa shape index (κ1) is 51.6. The number of ether oxygens (including phenoxy) is 3. The fourth-order valence-corrected chi connectivity index (χ4v) is 6.46. The second-order valence-electron chi connectivity index (χ2n) is 15.3. The highest BCUT2D eigenvalue weighted by molar-refractivity contribution is 5.71. The second-order valence-corrected chi connectivity index (χ2v) is 15.3. The van der Waals surface area contributed by atoms with Gasteiger partial charge in [-0.1, -0.05) is 198 Å². The van der Waals surface area contributed by atoms with E-state index in [-0.39, 0.29) is 37.5 Å². The summed E-state index contributed by atoms with van der Waals surface area (Å²) in [5, 5.41) is 0. The van der Waals surface area contributed by atoms with Gasteiger partial charge in [0.05, 0.1) is 0 Å². The first-order valence-electron chi connectivity index (χ1n) is 23.0. The number of hydrogen-bond acceptors (Lipinski definition) is 6. The lowest BCUT2D eigenvalue weighted by Gasteiger charge is -2.18. The minimum absolute atomic E-state index is 0.0841. The Balaban J connectivity index is 4.39. The van der Waals surface area contributed by atoms with Gasteiger partial charge in [0.2, 0.25) is 0 Å². The molecule has 0 rings (SSSR count). The summed E-state index contributed by atoms with van der Waals surface area (Å²) in [6.07, 6.45) is 48.4. The Morgan fingerprint density at radius 1 is 0.389 bits per heavy atom. The summed E-state index contributed by atoms with van der Waals surface area (Å²) in [7, 11) is 0. The molecule has 0 heterocycles. The molecular weight excluding hydrogens is 673 g/mol. The highest BCUT2D eigenvalue weighted by Crippen LogP contribution is 2.15. The molecule has 0 aromatic heterocycles. The molecule has 1 atom stereocenters. The summed E-state index contributed by atoms with van der Waals surface area (Å²) in [5.41, 5.74) is 0. The standard InChI is InChI=1S/C48H86O6/c1-4-7-10-13-16-19-22-24-25-27-29-32-35-38-41-47(50)53-44-45(43-52-46(49)40-37-34-31-28-21-18-15-12-9-6-3)54-48(51)42-39-36-33-30-26-23-20-17-14-11-8-5-2/h8,11,17,20,26,30,45H,4-7,9-10,12-16,18-19,21-25,27-29,31-44H2,1-3H3/b11-8-,20-17-,30-26-. The van der Waals surface area contributed by atoms with Crippen molar-refractivity contribution in [3.8, 4) is 0 Å². The second kappa shape index (κ2) is 43.4. The van der Waals surface area contributed by atoms with E-state index in [1.807, 2.05) is 0 Å². The zero-order chi connectivity index (χ0) is 39.4. The molecule has 6 heteroatoms. The molecule has 0 bridgehead atoms. The molecule has 0 N–H and O–H groups in total. The van der Waals surface area contributed by atoms with E-state index in [0.29, 0.717) is 19.3 Å². The zero-order valence-electron chi connectivity index (χ0n) is 35.7. The van der Waals surface area contributed by atoms with Crippen LogP contribution >= 0.6 is 0 Å². The maximum Gasteiger partial charge on any atom is 0.306 e. The largest absolute Gasteiger partial charge is 0.462 e. The lowest BCUT2D eigenvalue weighted by molar-refractivity contribution is -0.167. The molecule has 0 saturated heterocycles. The van der Waals surface area contributed by atoms with Crippen molar-refractivity contribution in [1.82, 2.24) is 0 Å². The van der Waals surface area contributed by atoms with E-state index < -0.39 is 6.10 Å². The van der Waals surface area contributed by atoms with Crippen LogP contribution in [0.25, 0.3) is 0 Å². The summed E-state index contributed by atoms with van der Waals surface area (Å²) in [5.74, 6) is -0.921. The molecule has 0 aliphatic carbocycles. The summed E-state index contributed by atoms with van der Waals surface area (Å²) in [4.78, 5) is 37.7. The van der Waals surface area contributed by atoms with E-state index in [0.717, 1.165) is 70.6 Å². The smallest absolute Gasteiger partial charge is 0.306 e. The quantitative estimate of drug-likeness (QED) is 0.0267. The van der Waals surface area contributed by atoms with Crippen LogP contribution < -0.4 is 0 Å². The molecule has 54 heavy (non-hydrogen) atoms. The predicted octanol–water partition coefficient (Wildman–Crippen LogP) is 14.6. The topological polar surface area (TPSA) is 78.9 Å². The molecule has 0 fully saturated rings. The van der Waals surface area contributed by atoms with Gasteiger partial charge < -0.3 is 14.2 Å². The van der Waals surface area contributed by atoms with Crippen LogP contribution in [0.15, 0.2) is 36.5 Å². The minimum atomic E-state index is -0.784. The Labute approximate surface area is 334 Å². The van der Waals surface area contributed by atoms with E-state index >= 15 is 0 Å². The van der Waals surface area contributed by atoms with E-state index in [4.69, 9.17) is 14.2 Å². The van der Waals surface area contributed by atoms with Crippen LogP contribution in [0.2, 0.25) is 0 Å². The molecule has 0 saturated carbocycles. The molecule has 0 aromatic rings. The van der Waals surface area contributed by atoms with Gasteiger partial charge in [0, 0.05) is 19.3 Å². The summed E-state index contributed by atoms with van der Waals surface area (Å²) < 4.78 is 16.7. The van der Waals surface area contributed by atoms with E-state index in [9.17, 15) is 14.4 Å². The lowest BCUT2D eigenvalue weighted by atomic mass is 10.0.